The normalized spacial score (nSPS) is 15.4. The molecule has 1 aromatic heterocycles. The molecule has 164 valence electrons. The molecule has 0 bridgehead atoms. The van der Waals surface area contributed by atoms with Crippen molar-refractivity contribution in [2.45, 2.75) is 39.8 Å². The minimum absolute atomic E-state index is 0.0981. The minimum Gasteiger partial charge on any atom is -0.369 e. The van der Waals surface area contributed by atoms with Crippen LogP contribution in [0.3, 0.4) is 0 Å². The SMILES string of the molecule is CC(C)N(CCNC(=O)c1csc(-c2ccc(N3CCN(C)CC3)cc2)n1)C(C)C. The molecular formula is C23H35N5OS. The second kappa shape index (κ2) is 10.4. The first kappa shape index (κ1) is 22.7. The molecule has 7 heteroatoms. The number of nitrogens with one attached hydrogen (secondary N) is 1. The summed E-state index contributed by atoms with van der Waals surface area (Å²) in [5, 5.41) is 5.75. The lowest BCUT2D eigenvalue weighted by molar-refractivity contribution is 0.0935. The zero-order chi connectivity index (χ0) is 21.7. The lowest BCUT2D eigenvalue weighted by Gasteiger charge is -2.34. The van der Waals surface area contributed by atoms with E-state index in [0.717, 1.165) is 43.3 Å². The smallest absolute Gasteiger partial charge is 0.270 e. The van der Waals surface area contributed by atoms with E-state index < -0.39 is 0 Å². The van der Waals surface area contributed by atoms with Crippen LogP contribution in [0.5, 0.6) is 0 Å². The third-order valence-electron chi connectivity index (χ3n) is 5.70. The van der Waals surface area contributed by atoms with Crippen LogP contribution in [0.25, 0.3) is 10.6 Å². The van der Waals surface area contributed by atoms with Crippen LogP contribution in [0.2, 0.25) is 0 Å². The van der Waals surface area contributed by atoms with Gasteiger partial charge in [0.25, 0.3) is 5.91 Å². The van der Waals surface area contributed by atoms with E-state index in [4.69, 9.17) is 0 Å². The number of aromatic nitrogens is 1. The van der Waals surface area contributed by atoms with Crippen LogP contribution in [0.15, 0.2) is 29.6 Å². The molecule has 1 N–H and O–H groups in total. The topological polar surface area (TPSA) is 51.7 Å². The molecule has 0 aliphatic carbocycles. The van der Waals surface area contributed by atoms with Gasteiger partial charge in [-0.15, -0.1) is 11.3 Å². The first-order valence-electron chi connectivity index (χ1n) is 10.9. The van der Waals surface area contributed by atoms with Crippen molar-refractivity contribution in [1.29, 1.82) is 0 Å². The van der Waals surface area contributed by atoms with E-state index >= 15 is 0 Å². The van der Waals surface area contributed by atoms with Crippen LogP contribution in [0, 0.1) is 0 Å². The predicted octanol–water partition coefficient (Wildman–Crippen LogP) is 3.41. The van der Waals surface area contributed by atoms with Gasteiger partial charge in [-0.25, -0.2) is 4.98 Å². The number of carbonyl (C=O) groups excluding carboxylic acids is 1. The molecule has 1 aliphatic heterocycles. The average Bonchev–Trinajstić information content (AvgIpc) is 3.21. The number of piperazine rings is 1. The highest BCUT2D eigenvalue weighted by Crippen LogP contribution is 2.26. The van der Waals surface area contributed by atoms with E-state index in [1.165, 1.54) is 17.0 Å². The summed E-state index contributed by atoms with van der Waals surface area (Å²) in [5.41, 5.74) is 2.81. The summed E-state index contributed by atoms with van der Waals surface area (Å²) < 4.78 is 0. The van der Waals surface area contributed by atoms with E-state index in [-0.39, 0.29) is 5.91 Å². The second-order valence-corrected chi connectivity index (χ2v) is 9.41. The number of amides is 1. The molecule has 2 aromatic rings. The van der Waals surface area contributed by atoms with Gasteiger partial charge in [0.15, 0.2) is 0 Å². The third kappa shape index (κ3) is 5.80. The van der Waals surface area contributed by atoms with E-state index in [1.807, 2.05) is 5.38 Å². The molecule has 2 heterocycles. The van der Waals surface area contributed by atoms with Crippen LogP contribution in [0.4, 0.5) is 5.69 Å². The van der Waals surface area contributed by atoms with Gasteiger partial charge in [0, 0.05) is 68.0 Å². The Morgan fingerprint density at radius 1 is 1.10 bits per heavy atom. The first-order chi connectivity index (χ1) is 14.3. The highest BCUT2D eigenvalue weighted by molar-refractivity contribution is 7.13. The average molecular weight is 430 g/mol. The Kier molecular flexibility index (Phi) is 7.86. The molecule has 1 amide bonds. The molecule has 1 aromatic carbocycles. The van der Waals surface area contributed by atoms with Gasteiger partial charge in [-0.3, -0.25) is 9.69 Å². The van der Waals surface area contributed by atoms with Gasteiger partial charge in [-0.1, -0.05) is 0 Å². The van der Waals surface area contributed by atoms with Crippen LogP contribution >= 0.6 is 11.3 Å². The Morgan fingerprint density at radius 2 is 1.73 bits per heavy atom. The fraction of sp³-hybridized carbons (Fsp3) is 0.565. The fourth-order valence-corrected chi connectivity index (χ4v) is 4.70. The molecule has 0 radical (unpaired) electrons. The van der Waals surface area contributed by atoms with Crippen LogP contribution in [-0.2, 0) is 0 Å². The number of carbonyl (C=O) groups is 1. The van der Waals surface area contributed by atoms with Crippen LogP contribution in [-0.4, -0.2) is 79.1 Å². The number of hydrogen-bond donors (Lipinski definition) is 1. The number of hydrogen-bond acceptors (Lipinski definition) is 6. The predicted molar refractivity (Wildman–Crippen MR) is 127 cm³/mol. The van der Waals surface area contributed by atoms with Gasteiger partial charge in [-0.05, 0) is 59.0 Å². The third-order valence-corrected chi connectivity index (χ3v) is 6.59. The van der Waals surface area contributed by atoms with Crippen molar-refractivity contribution in [3.8, 4) is 10.6 Å². The van der Waals surface area contributed by atoms with Crippen molar-refractivity contribution in [2.24, 2.45) is 0 Å². The number of likely N-dealkylation sites (N-methyl/N-ethyl adjacent to an activating group) is 1. The van der Waals surface area contributed by atoms with Crippen molar-refractivity contribution >= 4 is 22.9 Å². The molecule has 0 saturated carbocycles. The van der Waals surface area contributed by atoms with Gasteiger partial charge < -0.3 is 15.1 Å². The lowest BCUT2D eigenvalue weighted by atomic mass is 10.2. The Hall–Kier alpha value is -1.96. The molecule has 1 fully saturated rings. The van der Waals surface area contributed by atoms with Crippen LogP contribution in [0.1, 0.15) is 38.2 Å². The van der Waals surface area contributed by atoms with Gasteiger partial charge in [-0.2, -0.15) is 0 Å². The summed E-state index contributed by atoms with van der Waals surface area (Å²) in [6.07, 6.45) is 0. The zero-order valence-corrected chi connectivity index (χ0v) is 19.7. The maximum atomic E-state index is 12.5. The molecule has 3 rings (SSSR count). The molecule has 1 saturated heterocycles. The largest absolute Gasteiger partial charge is 0.369 e. The Bertz CT molecular complexity index is 801. The van der Waals surface area contributed by atoms with Crippen molar-refractivity contribution < 1.29 is 4.79 Å². The van der Waals surface area contributed by atoms with Gasteiger partial charge >= 0.3 is 0 Å². The first-order valence-corrected chi connectivity index (χ1v) is 11.8. The second-order valence-electron chi connectivity index (χ2n) is 8.56. The standard InChI is InChI=1S/C23H35N5OS/c1-17(2)28(18(3)4)11-10-24-22(29)21-16-30-23(25-21)19-6-8-20(9-7-19)27-14-12-26(5)13-15-27/h6-9,16-18H,10-15H2,1-5H3,(H,24,29). The van der Waals surface area contributed by atoms with Crippen molar-refractivity contribution in [1.82, 2.24) is 20.1 Å². The number of thiazole rings is 1. The molecule has 0 spiro atoms. The highest BCUT2D eigenvalue weighted by Gasteiger charge is 2.17. The molecule has 0 atom stereocenters. The maximum Gasteiger partial charge on any atom is 0.270 e. The van der Waals surface area contributed by atoms with Gasteiger partial charge in [0.05, 0.1) is 0 Å². The van der Waals surface area contributed by atoms with Gasteiger partial charge in [0.2, 0.25) is 0 Å². The Balaban J connectivity index is 1.55. The maximum absolute atomic E-state index is 12.5. The molecular weight excluding hydrogens is 394 g/mol. The fourth-order valence-electron chi connectivity index (χ4n) is 3.89. The van der Waals surface area contributed by atoms with E-state index in [9.17, 15) is 4.79 Å². The quantitative estimate of drug-likeness (QED) is 0.697. The number of anilines is 1. The summed E-state index contributed by atoms with van der Waals surface area (Å²) in [7, 11) is 2.17. The van der Waals surface area contributed by atoms with Crippen molar-refractivity contribution in [2.75, 3.05) is 51.2 Å². The van der Waals surface area contributed by atoms with Crippen molar-refractivity contribution in [3.05, 3.63) is 35.3 Å². The van der Waals surface area contributed by atoms with Gasteiger partial charge in [0.1, 0.15) is 10.7 Å². The summed E-state index contributed by atoms with van der Waals surface area (Å²) in [4.78, 5) is 24.2. The minimum atomic E-state index is -0.0981. The summed E-state index contributed by atoms with van der Waals surface area (Å²) >= 11 is 1.52. The Labute approximate surface area is 184 Å². The lowest BCUT2D eigenvalue weighted by Crippen LogP contribution is -2.44. The number of nitrogens with zero attached hydrogens (tertiary/aromatic N) is 4. The summed E-state index contributed by atoms with van der Waals surface area (Å²) in [5.74, 6) is -0.0981. The van der Waals surface area contributed by atoms with Crippen LogP contribution < -0.4 is 10.2 Å². The molecule has 6 nitrogen and oxygen atoms in total. The highest BCUT2D eigenvalue weighted by atomic mass is 32.1. The molecule has 0 unspecified atom stereocenters. The summed E-state index contributed by atoms with van der Waals surface area (Å²) in [6, 6.07) is 9.46. The van der Waals surface area contributed by atoms with Crippen molar-refractivity contribution in [3.63, 3.8) is 0 Å². The van der Waals surface area contributed by atoms with E-state index in [1.54, 1.807) is 0 Å². The number of benzene rings is 1. The van der Waals surface area contributed by atoms with E-state index in [2.05, 4.69) is 84.0 Å². The zero-order valence-electron chi connectivity index (χ0n) is 18.9. The van der Waals surface area contributed by atoms with E-state index in [0.29, 0.717) is 24.3 Å². The molecule has 30 heavy (non-hydrogen) atoms. The Morgan fingerprint density at radius 3 is 2.33 bits per heavy atom. The summed E-state index contributed by atoms with van der Waals surface area (Å²) in [6.45, 7) is 14.5. The molecule has 1 aliphatic rings. The monoisotopic (exact) mass is 429 g/mol. The number of rotatable bonds is 8.